The number of fused-ring (bicyclic) bond motifs is 3. The normalized spacial score (nSPS) is 15.6. The Morgan fingerprint density at radius 2 is 1.93 bits per heavy atom. The summed E-state index contributed by atoms with van der Waals surface area (Å²) in [6.07, 6.45) is 1.38. The highest BCUT2D eigenvalue weighted by molar-refractivity contribution is 5.94. The maximum absolute atomic E-state index is 13.1. The number of aromatic nitrogens is 2. The maximum Gasteiger partial charge on any atom is 0.338 e. The third-order valence-corrected chi connectivity index (χ3v) is 5.14. The van der Waals surface area contributed by atoms with Crippen LogP contribution in [0.15, 0.2) is 59.8 Å². The van der Waals surface area contributed by atoms with Gasteiger partial charge in [-0.3, -0.25) is 14.7 Å². The van der Waals surface area contributed by atoms with Crippen LogP contribution in [0.1, 0.15) is 38.3 Å². The Kier molecular flexibility index (Phi) is 5.22. The first kappa shape index (κ1) is 19.6. The molecular weight excluding hydrogens is 384 g/mol. The summed E-state index contributed by atoms with van der Waals surface area (Å²) in [7, 11) is 0. The van der Waals surface area contributed by atoms with Gasteiger partial charge >= 0.3 is 5.97 Å². The third kappa shape index (κ3) is 3.20. The van der Waals surface area contributed by atoms with Crippen LogP contribution in [0, 0.1) is 10.1 Å². The number of para-hydroxylation sites is 3. The van der Waals surface area contributed by atoms with Crippen LogP contribution in [0.25, 0.3) is 11.0 Å². The number of rotatable bonds is 6. The maximum atomic E-state index is 13.1. The van der Waals surface area contributed by atoms with E-state index in [0.717, 1.165) is 17.5 Å². The fourth-order valence-electron chi connectivity index (χ4n) is 3.96. The van der Waals surface area contributed by atoms with E-state index in [4.69, 9.17) is 4.74 Å². The topological polar surface area (TPSA) is 99.3 Å². The lowest BCUT2D eigenvalue weighted by Crippen LogP contribution is -2.30. The molecule has 0 saturated heterocycles. The lowest BCUT2D eigenvalue weighted by atomic mass is 9.92. The van der Waals surface area contributed by atoms with E-state index in [-0.39, 0.29) is 12.3 Å². The first-order chi connectivity index (χ1) is 14.6. The number of ether oxygens (including phenoxy) is 1. The number of carbonyl (C=O) groups is 1. The van der Waals surface area contributed by atoms with E-state index in [9.17, 15) is 14.9 Å². The second kappa shape index (κ2) is 7.98. The highest BCUT2D eigenvalue weighted by Crippen LogP contribution is 2.43. The molecule has 2 heterocycles. The minimum absolute atomic E-state index is 0.0502. The summed E-state index contributed by atoms with van der Waals surface area (Å²) in [5.74, 6) is 0.0656. The molecule has 0 spiro atoms. The molecule has 30 heavy (non-hydrogen) atoms. The summed E-state index contributed by atoms with van der Waals surface area (Å²) in [6, 6.07) is 13.3. The zero-order valence-electron chi connectivity index (χ0n) is 16.8. The highest BCUT2D eigenvalue weighted by atomic mass is 16.6. The van der Waals surface area contributed by atoms with Gasteiger partial charge in [0.15, 0.2) is 0 Å². The van der Waals surface area contributed by atoms with Crippen LogP contribution in [0.4, 0.5) is 11.6 Å². The molecule has 1 aliphatic heterocycles. The van der Waals surface area contributed by atoms with Crippen molar-refractivity contribution in [1.29, 1.82) is 0 Å². The zero-order chi connectivity index (χ0) is 21.3. The molecule has 0 unspecified atom stereocenters. The number of nitrogens with one attached hydrogen (secondary N) is 1. The molecule has 2 aromatic carbocycles. The van der Waals surface area contributed by atoms with Gasteiger partial charge in [-0.1, -0.05) is 37.6 Å². The van der Waals surface area contributed by atoms with Crippen LogP contribution in [-0.4, -0.2) is 27.1 Å². The van der Waals surface area contributed by atoms with Gasteiger partial charge in [0, 0.05) is 11.8 Å². The molecule has 154 valence electrons. The molecule has 0 radical (unpaired) electrons. The van der Waals surface area contributed by atoms with E-state index >= 15 is 0 Å². The van der Waals surface area contributed by atoms with Crippen molar-refractivity contribution in [1.82, 2.24) is 9.55 Å². The Morgan fingerprint density at radius 3 is 2.67 bits per heavy atom. The Balaban J connectivity index is 2.05. The first-order valence-electron chi connectivity index (χ1n) is 9.94. The fraction of sp³-hybridized carbons (Fsp3) is 0.273. The number of hydrogen-bond donors (Lipinski definition) is 1. The van der Waals surface area contributed by atoms with Crippen molar-refractivity contribution in [3.8, 4) is 0 Å². The molecule has 0 fully saturated rings. The molecule has 1 atom stereocenters. The van der Waals surface area contributed by atoms with Crippen molar-refractivity contribution in [2.75, 3.05) is 11.9 Å². The zero-order valence-corrected chi connectivity index (χ0v) is 16.8. The summed E-state index contributed by atoms with van der Waals surface area (Å²) in [5.41, 5.74) is 2.95. The lowest BCUT2D eigenvalue weighted by Gasteiger charge is -2.31. The molecular formula is C22H22N4O4. The number of nitrogens with zero attached hydrogens (tertiary/aromatic N) is 3. The highest BCUT2D eigenvalue weighted by Gasteiger charge is 2.38. The second-order valence-electron chi connectivity index (χ2n) is 7.00. The molecule has 8 nitrogen and oxygen atoms in total. The summed E-state index contributed by atoms with van der Waals surface area (Å²) < 4.78 is 7.22. The second-order valence-corrected chi connectivity index (χ2v) is 7.00. The Bertz CT molecular complexity index is 1160. The number of nitro benzene ring substituents is 1. The summed E-state index contributed by atoms with van der Waals surface area (Å²) in [6.45, 7) is 3.96. The number of benzene rings is 2. The van der Waals surface area contributed by atoms with Crippen molar-refractivity contribution in [2.45, 2.75) is 32.7 Å². The monoisotopic (exact) mass is 406 g/mol. The lowest BCUT2D eigenvalue weighted by molar-refractivity contribution is -0.385. The Morgan fingerprint density at radius 1 is 1.20 bits per heavy atom. The smallest absolute Gasteiger partial charge is 0.338 e. The van der Waals surface area contributed by atoms with Crippen molar-refractivity contribution >= 4 is 28.6 Å². The molecule has 0 bridgehead atoms. The van der Waals surface area contributed by atoms with E-state index in [0.29, 0.717) is 29.2 Å². The standard InChI is InChI=1S/C22H22N4O4/c1-3-9-16-19(21(27)30-4-2)20(14-10-5-7-12-17(14)26(28)29)25-18-13-8-6-11-15(18)23-22(25)24-16/h5-8,10-13,20H,3-4,9H2,1-2H3,(H,23,24)/t20-/m0/s1. The van der Waals surface area contributed by atoms with Crippen LogP contribution in [0.2, 0.25) is 0 Å². The van der Waals surface area contributed by atoms with Crippen LogP contribution in [0.5, 0.6) is 0 Å². The van der Waals surface area contributed by atoms with Gasteiger partial charge in [-0.15, -0.1) is 0 Å². The van der Waals surface area contributed by atoms with Crippen LogP contribution in [-0.2, 0) is 9.53 Å². The molecule has 1 aliphatic rings. The van der Waals surface area contributed by atoms with Gasteiger partial charge in [0.2, 0.25) is 5.95 Å². The van der Waals surface area contributed by atoms with Gasteiger partial charge in [-0.25, -0.2) is 9.78 Å². The number of carbonyl (C=O) groups excluding carboxylic acids is 1. The molecule has 0 amide bonds. The predicted molar refractivity (Wildman–Crippen MR) is 113 cm³/mol. The van der Waals surface area contributed by atoms with E-state index < -0.39 is 16.9 Å². The average molecular weight is 406 g/mol. The molecule has 1 aromatic heterocycles. The molecule has 3 aromatic rings. The predicted octanol–water partition coefficient (Wildman–Crippen LogP) is 4.58. The van der Waals surface area contributed by atoms with Crippen molar-refractivity contribution in [3.05, 3.63) is 75.5 Å². The van der Waals surface area contributed by atoms with Gasteiger partial charge in [0.05, 0.1) is 33.7 Å². The molecule has 0 aliphatic carbocycles. The SMILES string of the molecule is CCCC1=C(C(=O)OCC)[C@H](c2ccccc2[N+](=O)[O-])n2c(nc3ccccc32)N1. The van der Waals surface area contributed by atoms with Gasteiger partial charge < -0.3 is 10.1 Å². The number of anilines is 1. The summed E-state index contributed by atoms with van der Waals surface area (Å²) >= 11 is 0. The Hall–Kier alpha value is -3.68. The van der Waals surface area contributed by atoms with Gasteiger partial charge in [0.25, 0.3) is 5.69 Å². The summed E-state index contributed by atoms with van der Waals surface area (Å²) in [4.78, 5) is 29.2. The molecule has 0 saturated carbocycles. The molecule has 1 N–H and O–H groups in total. The van der Waals surface area contributed by atoms with Gasteiger partial charge in [0.1, 0.15) is 6.04 Å². The number of imidazole rings is 1. The molecule has 4 rings (SSSR count). The minimum atomic E-state index is -0.726. The van der Waals surface area contributed by atoms with Gasteiger partial charge in [-0.2, -0.15) is 0 Å². The van der Waals surface area contributed by atoms with Crippen LogP contribution >= 0.6 is 0 Å². The third-order valence-electron chi connectivity index (χ3n) is 5.14. The Labute approximate surface area is 173 Å². The molecule has 8 heteroatoms. The number of nitro groups is 1. The largest absolute Gasteiger partial charge is 0.463 e. The van der Waals surface area contributed by atoms with E-state index in [1.54, 1.807) is 25.1 Å². The average Bonchev–Trinajstić information content (AvgIpc) is 3.11. The minimum Gasteiger partial charge on any atom is -0.463 e. The number of hydrogen-bond acceptors (Lipinski definition) is 6. The quantitative estimate of drug-likeness (QED) is 0.365. The van der Waals surface area contributed by atoms with E-state index in [1.165, 1.54) is 6.07 Å². The van der Waals surface area contributed by atoms with E-state index in [1.807, 2.05) is 35.8 Å². The number of esters is 1. The fourth-order valence-corrected chi connectivity index (χ4v) is 3.96. The van der Waals surface area contributed by atoms with Gasteiger partial charge in [-0.05, 0) is 31.5 Å². The van der Waals surface area contributed by atoms with Crippen molar-refractivity contribution in [2.24, 2.45) is 0 Å². The number of allylic oxidation sites excluding steroid dienone is 1. The first-order valence-corrected chi connectivity index (χ1v) is 9.94. The van der Waals surface area contributed by atoms with Crippen molar-refractivity contribution in [3.63, 3.8) is 0 Å². The van der Waals surface area contributed by atoms with E-state index in [2.05, 4.69) is 10.3 Å². The van der Waals surface area contributed by atoms with Crippen LogP contribution in [0.3, 0.4) is 0 Å². The van der Waals surface area contributed by atoms with Crippen LogP contribution < -0.4 is 5.32 Å². The summed E-state index contributed by atoms with van der Waals surface area (Å²) in [5, 5.41) is 15.1. The van der Waals surface area contributed by atoms with Crippen molar-refractivity contribution < 1.29 is 14.5 Å².